The van der Waals surface area contributed by atoms with Gasteiger partial charge in [-0.15, -0.1) is 0 Å². The third-order valence-corrected chi connectivity index (χ3v) is 4.16. The monoisotopic (exact) mass is 267 g/mol. The molecule has 1 aliphatic carbocycles. The van der Waals surface area contributed by atoms with Crippen molar-refractivity contribution in [2.24, 2.45) is 0 Å². The van der Waals surface area contributed by atoms with Crippen molar-refractivity contribution in [1.29, 1.82) is 0 Å². The van der Waals surface area contributed by atoms with E-state index in [1.54, 1.807) is 0 Å². The molecule has 1 aromatic carbocycles. The van der Waals surface area contributed by atoms with Crippen LogP contribution in [0.1, 0.15) is 35.6 Å². The van der Waals surface area contributed by atoms with Gasteiger partial charge in [-0.05, 0) is 42.9 Å². The summed E-state index contributed by atoms with van der Waals surface area (Å²) in [5, 5.41) is 14.0. The number of hydrogen-bond acceptors (Lipinski definition) is 3. The number of hydrogen-bond donors (Lipinski definition) is 2. The van der Waals surface area contributed by atoms with E-state index in [0.29, 0.717) is 11.6 Å². The van der Waals surface area contributed by atoms with Gasteiger partial charge in [-0.2, -0.15) is 0 Å². The molecule has 3 rings (SSSR count). The number of fused-ring (bicyclic) bond motifs is 1. The predicted molar refractivity (Wildman–Crippen MR) is 71.3 cm³/mol. The highest BCUT2D eigenvalue weighted by molar-refractivity contribution is 6.32. The number of aryl methyl sites for hydroxylation is 1. The van der Waals surface area contributed by atoms with Crippen LogP contribution < -0.4 is 5.32 Å². The SMILES string of the molecule is Oc1c(Cl)cc2c(c1C1CNCCO1)CCCC2. The standard InChI is InChI=1S/C14H18ClNO2/c15-11-7-9-3-1-2-4-10(9)13(14(11)17)12-8-16-5-6-18-12/h7,12,16-17H,1-6,8H2. The van der Waals surface area contributed by atoms with Gasteiger partial charge >= 0.3 is 0 Å². The zero-order chi connectivity index (χ0) is 12.5. The number of phenols is 1. The van der Waals surface area contributed by atoms with Gasteiger partial charge in [0.1, 0.15) is 5.75 Å². The van der Waals surface area contributed by atoms with Gasteiger partial charge in [-0.1, -0.05) is 11.6 Å². The lowest BCUT2D eigenvalue weighted by Crippen LogP contribution is -2.34. The Morgan fingerprint density at radius 2 is 2.17 bits per heavy atom. The molecule has 2 N–H and O–H groups in total. The van der Waals surface area contributed by atoms with E-state index in [0.717, 1.165) is 31.5 Å². The highest BCUT2D eigenvalue weighted by Crippen LogP contribution is 2.41. The number of phenolic OH excluding ortho intramolecular Hbond substituents is 1. The van der Waals surface area contributed by atoms with Crippen LogP contribution in [0.5, 0.6) is 5.75 Å². The van der Waals surface area contributed by atoms with Crippen molar-refractivity contribution in [1.82, 2.24) is 5.32 Å². The minimum atomic E-state index is -0.0655. The number of aromatic hydroxyl groups is 1. The first-order valence-corrected chi connectivity index (χ1v) is 7.00. The summed E-state index contributed by atoms with van der Waals surface area (Å²) in [7, 11) is 0. The summed E-state index contributed by atoms with van der Waals surface area (Å²) in [6, 6.07) is 1.92. The molecule has 2 aliphatic rings. The van der Waals surface area contributed by atoms with Gasteiger partial charge in [0.15, 0.2) is 0 Å². The maximum atomic E-state index is 10.3. The van der Waals surface area contributed by atoms with Crippen LogP contribution in [0.4, 0.5) is 0 Å². The molecule has 0 amide bonds. The molecule has 1 aliphatic heterocycles. The van der Waals surface area contributed by atoms with Crippen molar-refractivity contribution in [3.63, 3.8) is 0 Å². The van der Waals surface area contributed by atoms with E-state index in [1.807, 2.05) is 6.07 Å². The van der Waals surface area contributed by atoms with Crippen molar-refractivity contribution >= 4 is 11.6 Å². The highest BCUT2D eigenvalue weighted by Gasteiger charge is 2.27. The van der Waals surface area contributed by atoms with Crippen LogP contribution in [0.25, 0.3) is 0 Å². The summed E-state index contributed by atoms with van der Waals surface area (Å²) in [6.45, 7) is 2.31. The molecule has 98 valence electrons. The zero-order valence-electron chi connectivity index (χ0n) is 10.3. The Morgan fingerprint density at radius 1 is 1.33 bits per heavy atom. The van der Waals surface area contributed by atoms with E-state index < -0.39 is 0 Å². The molecule has 0 spiro atoms. The van der Waals surface area contributed by atoms with Crippen LogP contribution in [0.3, 0.4) is 0 Å². The van der Waals surface area contributed by atoms with E-state index in [-0.39, 0.29) is 11.9 Å². The average molecular weight is 268 g/mol. The fourth-order valence-electron chi connectivity index (χ4n) is 2.99. The number of rotatable bonds is 1. The topological polar surface area (TPSA) is 41.5 Å². The van der Waals surface area contributed by atoms with Gasteiger partial charge in [-0.25, -0.2) is 0 Å². The summed E-state index contributed by atoms with van der Waals surface area (Å²) < 4.78 is 5.78. The second-order valence-electron chi connectivity index (χ2n) is 5.03. The summed E-state index contributed by atoms with van der Waals surface area (Å²) in [5.74, 6) is 0.214. The molecular formula is C14H18ClNO2. The molecule has 1 fully saturated rings. The third-order valence-electron chi connectivity index (χ3n) is 3.87. The Kier molecular flexibility index (Phi) is 3.46. The Labute approximate surface area is 112 Å². The van der Waals surface area contributed by atoms with E-state index in [2.05, 4.69) is 5.32 Å². The Hall–Kier alpha value is -0.770. The number of halogens is 1. The van der Waals surface area contributed by atoms with Crippen molar-refractivity contribution in [3.8, 4) is 5.75 Å². The lowest BCUT2D eigenvalue weighted by Gasteiger charge is -2.29. The average Bonchev–Trinajstić information content (AvgIpc) is 2.41. The first kappa shape index (κ1) is 12.3. The molecular weight excluding hydrogens is 250 g/mol. The van der Waals surface area contributed by atoms with Gasteiger partial charge in [0.2, 0.25) is 0 Å². The first-order valence-electron chi connectivity index (χ1n) is 6.63. The minimum Gasteiger partial charge on any atom is -0.506 e. The quantitative estimate of drug-likeness (QED) is 0.822. The number of benzene rings is 1. The number of morpholine rings is 1. The minimum absolute atomic E-state index is 0.0655. The normalized spacial score (nSPS) is 23.7. The Bertz CT molecular complexity index is 456. The van der Waals surface area contributed by atoms with Gasteiger partial charge in [-0.3, -0.25) is 0 Å². The number of nitrogens with one attached hydrogen (secondary N) is 1. The fraction of sp³-hybridized carbons (Fsp3) is 0.571. The number of ether oxygens (including phenoxy) is 1. The van der Waals surface area contributed by atoms with Crippen LogP contribution in [0.2, 0.25) is 5.02 Å². The van der Waals surface area contributed by atoms with Gasteiger partial charge in [0.05, 0.1) is 17.7 Å². The molecule has 18 heavy (non-hydrogen) atoms. The van der Waals surface area contributed by atoms with Gasteiger partial charge in [0, 0.05) is 18.7 Å². The lowest BCUT2D eigenvalue weighted by molar-refractivity contribution is 0.0256. The molecule has 0 bridgehead atoms. The summed E-state index contributed by atoms with van der Waals surface area (Å²) in [5.41, 5.74) is 3.47. The smallest absolute Gasteiger partial charge is 0.140 e. The predicted octanol–water partition coefficient (Wildman–Crippen LogP) is 2.59. The molecule has 1 heterocycles. The molecule has 1 saturated heterocycles. The van der Waals surface area contributed by atoms with E-state index >= 15 is 0 Å². The van der Waals surface area contributed by atoms with Crippen molar-refractivity contribution < 1.29 is 9.84 Å². The maximum absolute atomic E-state index is 10.3. The van der Waals surface area contributed by atoms with E-state index in [9.17, 15) is 5.11 Å². The fourth-order valence-corrected chi connectivity index (χ4v) is 3.22. The van der Waals surface area contributed by atoms with Crippen molar-refractivity contribution in [2.75, 3.05) is 19.7 Å². The molecule has 4 heteroatoms. The summed E-state index contributed by atoms with van der Waals surface area (Å²) in [4.78, 5) is 0. The second kappa shape index (κ2) is 5.08. The second-order valence-corrected chi connectivity index (χ2v) is 5.44. The lowest BCUT2D eigenvalue weighted by atomic mass is 9.85. The van der Waals surface area contributed by atoms with Crippen LogP contribution in [0.15, 0.2) is 6.07 Å². The third kappa shape index (κ3) is 2.11. The van der Waals surface area contributed by atoms with Crippen LogP contribution in [-0.4, -0.2) is 24.8 Å². The van der Waals surface area contributed by atoms with Crippen molar-refractivity contribution in [3.05, 3.63) is 27.8 Å². The largest absolute Gasteiger partial charge is 0.506 e. The molecule has 0 aromatic heterocycles. The van der Waals surface area contributed by atoms with Crippen LogP contribution >= 0.6 is 11.6 Å². The maximum Gasteiger partial charge on any atom is 0.140 e. The molecule has 1 unspecified atom stereocenters. The van der Waals surface area contributed by atoms with Gasteiger partial charge < -0.3 is 15.2 Å². The van der Waals surface area contributed by atoms with E-state index in [4.69, 9.17) is 16.3 Å². The molecule has 3 nitrogen and oxygen atoms in total. The van der Waals surface area contributed by atoms with Crippen LogP contribution in [0, 0.1) is 0 Å². The molecule has 1 atom stereocenters. The molecule has 0 saturated carbocycles. The van der Waals surface area contributed by atoms with E-state index in [1.165, 1.54) is 24.0 Å². The zero-order valence-corrected chi connectivity index (χ0v) is 11.1. The van der Waals surface area contributed by atoms with Crippen LogP contribution in [-0.2, 0) is 17.6 Å². The highest BCUT2D eigenvalue weighted by atomic mass is 35.5. The Morgan fingerprint density at radius 3 is 2.94 bits per heavy atom. The first-order chi connectivity index (χ1) is 8.77. The van der Waals surface area contributed by atoms with Crippen molar-refractivity contribution in [2.45, 2.75) is 31.8 Å². The summed E-state index contributed by atoms with van der Waals surface area (Å²) >= 11 is 6.14. The Balaban J connectivity index is 2.07. The molecule has 0 radical (unpaired) electrons. The molecule has 1 aromatic rings. The summed E-state index contributed by atoms with van der Waals surface area (Å²) in [6.07, 6.45) is 4.40. The van der Waals surface area contributed by atoms with Gasteiger partial charge in [0.25, 0.3) is 0 Å².